The Labute approximate surface area is 95.0 Å². The maximum Gasteiger partial charge on any atom is 0.222 e. The molecule has 1 amide bonds. The third-order valence-corrected chi connectivity index (χ3v) is 2.87. The molecular formula is C13H27NO. The molecule has 0 heterocycles. The summed E-state index contributed by atoms with van der Waals surface area (Å²) >= 11 is 0. The predicted molar refractivity (Wildman–Crippen MR) is 65.9 cm³/mol. The molecular weight excluding hydrogens is 186 g/mol. The summed E-state index contributed by atoms with van der Waals surface area (Å²) in [4.78, 5) is 13.6. The quantitative estimate of drug-likeness (QED) is 0.617. The Morgan fingerprint density at radius 1 is 1.07 bits per heavy atom. The van der Waals surface area contributed by atoms with Gasteiger partial charge in [0.2, 0.25) is 5.91 Å². The van der Waals surface area contributed by atoms with Crippen LogP contribution in [0.1, 0.15) is 66.2 Å². The van der Waals surface area contributed by atoms with Crippen molar-refractivity contribution in [2.24, 2.45) is 0 Å². The van der Waals surface area contributed by atoms with Crippen LogP contribution in [-0.4, -0.2) is 23.4 Å². The summed E-state index contributed by atoms with van der Waals surface area (Å²) in [5.41, 5.74) is -0.0412. The van der Waals surface area contributed by atoms with E-state index in [-0.39, 0.29) is 11.4 Å². The Morgan fingerprint density at radius 2 is 1.60 bits per heavy atom. The topological polar surface area (TPSA) is 20.3 Å². The van der Waals surface area contributed by atoms with Crippen molar-refractivity contribution < 1.29 is 4.79 Å². The second-order valence-electron chi connectivity index (χ2n) is 5.29. The maximum absolute atomic E-state index is 11.7. The third kappa shape index (κ3) is 6.53. The van der Waals surface area contributed by atoms with Gasteiger partial charge in [-0.25, -0.2) is 0 Å². The molecule has 15 heavy (non-hydrogen) atoms. The van der Waals surface area contributed by atoms with E-state index in [9.17, 15) is 4.79 Å². The highest BCUT2D eigenvalue weighted by Gasteiger charge is 2.21. The van der Waals surface area contributed by atoms with Gasteiger partial charge in [0.1, 0.15) is 0 Å². The van der Waals surface area contributed by atoms with E-state index in [0.29, 0.717) is 6.42 Å². The molecule has 0 aliphatic carbocycles. The first kappa shape index (κ1) is 14.5. The molecule has 0 aliphatic heterocycles. The highest BCUT2D eigenvalue weighted by molar-refractivity contribution is 5.76. The highest BCUT2D eigenvalue weighted by atomic mass is 16.2. The number of unbranched alkanes of at least 4 members (excludes halogenated alkanes) is 4. The van der Waals surface area contributed by atoms with Crippen molar-refractivity contribution in [3.8, 4) is 0 Å². The van der Waals surface area contributed by atoms with Gasteiger partial charge >= 0.3 is 0 Å². The number of amides is 1. The fraction of sp³-hybridized carbons (Fsp3) is 0.923. The van der Waals surface area contributed by atoms with Gasteiger partial charge in [-0.15, -0.1) is 0 Å². The van der Waals surface area contributed by atoms with Gasteiger partial charge in [-0.3, -0.25) is 4.79 Å². The lowest BCUT2D eigenvalue weighted by Crippen LogP contribution is -2.42. The molecule has 0 bridgehead atoms. The van der Waals surface area contributed by atoms with Crippen molar-refractivity contribution in [3.63, 3.8) is 0 Å². The second-order valence-corrected chi connectivity index (χ2v) is 5.29. The van der Waals surface area contributed by atoms with Crippen LogP contribution in [0, 0.1) is 0 Å². The first-order valence-electron chi connectivity index (χ1n) is 6.16. The number of hydrogen-bond acceptors (Lipinski definition) is 1. The highest BCUT2D eigenvalue weighted by Crippen LogP contribution is 2.13. The lowest BCUT2D eigenvalue weighted by molar-refractivity contribution is -0.134. The average Bonchev–Trinajstić information content (AvgIpc) is 2.14. The fourth-order valence-electron chi connectivity index (χ4n) is 1.42. The van der Waals surface area contributed by atoms with Gasteiger partial charge in [0.05, 0.1) is 0 Å². The van der Waals surface area contributed by atoms with Crippen LogP contribution in [0.5, 0.6) is 0 Å². The Balaban J connectivity index is 3.66. The van der Waals surface area contributed by atoms with Gasteiger partial charge in [0, 0.05) is 19.0 Å². The summed E-state index contributed by atoms with van der Waals surface area (Å²) in [5.74, 6) is 0.277. The van der Waals surface area contributed by atoms with Crippen molar-refractivity contribution in [3.05, 3.63) is 0 Å². The molecule has 2 nitrogen and oxygen atoms in total. The monoisotopic (exact) mass is 213 g/mol. The van der Waals surface area contributed by atoms with Crippen molar-refractivity contribution >= 4 is 5.91 Å². The Kier molecular flexibility index (Phi) is 6.62. The predicted octanol–water partition coefficient (Wildman–Crippen LogP) is 3.60. The van der Waals surface area contributed by atoms with Crippen molar-refractivity contribution in [2.75, 3.05) is 7.05 Å². The largest absolute Gasteiger partial charge is 0.341 e. The molecule has 0 atom stereocenters. The lowest BCUT2D eigenvalue weighted by atomic mass is 10.1. The summed E-state index contributed by atoms with van der Waals surface area (Å²) in [6.07, 6.45) is 6.76. The number of nitrogens with zero attached hydrogens (tertiary/aromatic N) is 1. The van der Waals surface area contributed by atoms with Crippen LogP contribution in [0.2, 0.25) is 0 Å². The second kappa shape index (κ2) is 6.86. The number of rotatable bonds is 6. The molecule has 2 heteroatoms. The van der Waals surface area contributed by atoms with E-state index in [0.717, 1.165) is 6.42 Å². The van der Waals surface area contributed by atoms with Gasteiger partial charge < -0.3 is 4.90 Å². The first-order chi connectivity index (χ1) is 6.89. The normalized spacial score (nSPS) is 11.5. The summed E-state index contributed by atoms with van der Waals surface area (Å²) in [7, 11) is 1.90. The van der Waals surface area contributed by atoms with Crippen molar-refractivity contribution in [1.29, 1.82) is 0 Å². The van der Waals surface area contributed by atoms with Crippen LogP contribution in [0.3, 0.4) is 0 Å². The van der Waals surface area contributed by atoms with Crippen LogP contribution < -0.4 is 0 Å². The van der Waals surface area contributed by atoms with Crippen LogP contribution in [-0.2, 0) is 4.79 Å². The Morgan fingerprint density at radius 3 is 2.07 bits per heavy atom. The summed E-state index contributed by atoms with van der Waals surface area (Å²) in [6.45, 7) is 8.42. The van der Waals surface area contributed by atoms with Crippen LogP contribution in [0.15, 0.2) is 0 Å². The van der Waals surface area contributed by atoms with E-state index in [1.807, 2.05) is 11.9 Å². The zero-order chi connectivity index (χ0) is 11.9. The van der Waals surface area contributed by atoms with E-state index in [2.05, 4.69) is 27.7 Å². The molecule has 0 aromatic carbocycles. The molecule has 0 unspecified atom stereocenters. The maximum atomic E-state index is 11.7. The molecule has 0 rings (SSSR count). The van der Waals surface area contributed by atoms with E-state index >= 15 is 0 Å². The van der Waals surface area contributed by atoms with Gasteiger partial charge in [0.25, 0.3) is 0 Å². The molecule has 0 radical (unpaired) electrons. The van der Waals surface area contributed by atoms with Crippen LogP contribution in [0.25, 0.3) is 0 Å². The molecule has 90 valence electrons. The van der Waals surface area contributed by atoms with Gasteiger partial charge in [-0.05, 0) is 27.2 Å². The van der Waals surface area contributed by atoms with Gasteiger partial charge in [0.15, 0.2) is 0 Å². The SMILES string of the molecule is CCCCCCCC(=O)N(C)C(C)(C)C. The zero-order valence-corrected chi connectivity index (χ0v) is 11.1. The zero-order valence-electron chi connectivity index (χ0n) is 11.1. The van der Waals surface area contributed by atoms with Crippen LogP contribution >= 0.6 is 0 Å². The summed E-state index contributed by atoms with van der Waals surface area (Å²) in [5, 5.41) is 0. The number of carbonyl (C=O) groups is 1. The Hall–Kier alpha value is -0.530. The van der Waals surface area contributed by atoms with E-state index < -0.39 is 0 Å². The molecule has 0 aromatic heterocycles. The average molecular weight is 213 g/mol. The lowest BCUT2D eigenvalue weighted by Gasteiger charge is -2.32. The third-order valence-electron chi connectivity index (χ3n) is 2.87. The minimum absolute atomic E-state index is 0.0412. The minimum atomic E-state index is -0.0412. The Bertz CT molecular complexity index is 181. The smallest absolute Gasteiger partial charge is 0.222 e. The minimum Gasteiger partial charge on any atom is -0.341 e. The van der Waals surface area contributed by atoms with Crippen LogP contribution in [0.4, 0.5) is 0 Å². The van der Waals surface area contributed by atoms with Gasteiger partial charge in [-0.1, -0.05) is 32.6 Å². The molecule has 0 N–H and O–H groups in total. The fourth-order valence-corrected chi connectivity index (χ4v) is 1.42. The molecule has 0 aromatic rings. The van der Waals surface area contributed by atoms with Gasteiger partial charge in [-0.2, -0.15) is 0 Å². The standard InChI is InChI=1S/C13H27NO/c1-6-7-8-9-10-11-12(15)14(5)13(2,3)4/h6-11H2,1-5H3. The van der Waals surface area contributed by atoms with Crippen molar-refractivity contribution in [1.82, 2.24) is 4.90 Å². The molecule has 0 fully saturated rings. The number of hydrogen-bond donors (Lipinski definition) is 0. The van der Waals surface area contributed by atoms with Crippen molar-refractivity contribution in [2.45, 2.75) is 71.8 Å². The molecule has 0 saturated carbocycles. The number of carbonyl (C=O) groups excluding carboxylic acids is 1. The first-order valence-corrected chi connectivity index (χ1v) is 6.16. The summed E-state index contributed by atoms with van der Waals surface area (Å²) < 4.78 is 0. The molecule has 0 saturated heterocycles. The van der Waals surface area contributed by atoms with E-state index in [1.165, 1.54) is 25.7 Å². The van der Waals surface area contributed by atoms with E-state index in [1.54, 1.807) is 0 Å². The molecule has 0 spiro atoms. The molecule has 0 aliphatic rings. The van der Waals surface area contributed by atoms with E-state index in [4.69, 9.17) is 0 Å². The summed E-state index contributed by atoms with van der Waals surface area (Å²) in [6, 6.07) is 0.